The molecule has 1 aliphatic heterocycles. The number of ether oxygens (including phenoxy) is 2. The second kappa shape index (κ2) is 11.4. The Hall–Kier alpha value is -3.26. The summed E-state index contributed by atoms with van der Waals surface area (Å²) in [4.78, 5) is 43.8. The molecule has 8 nitrogen and oxygen atoms in total. The van der Waals surface area contributed by atoms with Gasteiger partial charge in [-0.05, 0) is 52.1 Å². The SMILES string of the molecule is CCOC(=O)C1=C(CN(C)C)N=C(C)C(C(=O)OCC)C1c1ccccc1C=CC(=O)O. The van der Waals surface area contributed by atoms with Crippen molar-refractivity contribution >= 4 is 29.7 Å². The van der Waals surface area contributed by atoms with E-state index in [1.165, 1.54) is 6.08 Å². The van der Waals surface area contributed by atoms with Crippen LogP contribution in [0.4, 0.5) is 0 Å². The van der Waals surface area contributed by atoms with Gasteiger partial charge in [0.25, 0.3) is 0 Å². The van der Waals surface area contributed by atoms with E-state index in [1.54, 1.807) is 45.0 Å². The van der Waals surface area contributed by atoms with Crippen molar-refractivity contribution in [2.45, 2.75) is 26.7 Å². The average molecular weight is 443 g/mol. The largest absolute Gasteiger partial charge is 0.478 e. The minimum absolute atomic E-state index is 0.164. The second-order valence-electron chi connectivity index (χ2n) is 7.58. The number of aliphatic imine (C=N–C) groups is 1. The van der Waals surface area contributed by atoms with Crippen LogP contribution < -0.4 is 0 Å². The quantitative estimate of drug-likeness (QED) is 0.463. The van der Waals surface area contributed by atoms with Gasteiger partial charge in [0.05, 0.1) is 24.5 Å². The summed E-state index contributed by atoms with van der Waals surface area (Å²) in [5, 5.41) is 9.11. The maximum Gasteiger partial charge on any atom is 0.336 e. The Kier molecular flexibility index (Phi) is 8.90. The van der Waals surface area contributed by atoms with Crippen molar-refractivity contribution in [2.75, 3.05) is 33.9 Å². The smallest absolute Gasteiger partial charge is 0.336 e. The number of likely N-dealkylation sites (N-methyl/N-ethyl adjacent to an activating group) is 1. The van der Waals surface area contributed by atoms with Crippen LogP contribution in [0.3, 0.4) is 0 Å². The number of esters is 2. The fraction of sp³-hybridized carbons (Fsp3) is 0.417. The third kappa shape index (κ3) is 5.91. The molecule has 0 saturated carbocycles. The molecule has 0 aromatic heterocycles. The van der Waals surface area contributed by atoms with Crippen molar-refractivity contribution in [3.8, 4) is 0 Å². The summed E-state index contributed by atoms with van der Waals surface area (Å²) < 4.78 is 10.7. The molecule has 2 unspecified atom stereocenters. The normalized spacial score (nSPS) is 18.6. The summed E-state index contributed by atoms with van der Waals surface area (Å²) in [7, 11) is 3.72. The summed E-state index contributed by atoms with van der Waals surface area (Å²) in [5.41, 5.74) is 2.51. The van der Waals surface area contributed by atoms with Crippen LogP contribution in [0.5, 0.6) is 0 Å². The molecule has 32 heavy (non-hydrogen) atoms. The molecule has 1 aromatic rings. The van der Waals surface area contributed by atoms with Gasteiger partial charge in [-0.2, -0.15) is 0 Å². The van der Waals surface area contributed by atoms with E-state index in [2.05, 4.69) is 4.99 Å². The van der Waals surface area contributed by atoms with Crippen molar-refractivity contribution in [2.24, 2.45) is 10.9 Å². The fourth-order valence-corrected chi connectivity index (χ4v) is 3.78. The van der Waals surface area contributed by atoms with Crippen LogP contribution in [0.15, 0.2) is 46.6 Å². The Morgan fingerprint density at radius 1 is 1.12 bits per heavy atom. The Morgan fingerprint density at radius 3 is 2.38 bits per heavy atom. The van der Waals surface area contributed by atoms with Crippen molar-refractivity contribution in [3.05, 3.63) is 52.7 Å². The van der Waals surface area contributed by atoms with E-state index < -0.39 is 29.7 Å². The van der Waals surface area contributed by atoms with E-state index in [-0.39, 0.29) is 18.8 Å². The first kappa shape index (κ1) is 25.0. The topological polar surface area (TPSA) is 106 Å². The zero-order valence-electron chi connectivity index (χ0n) is 19.1. The third-order valence-corrected chi connectivity index (χ3v) is 4.96. The van der Waals surface area contributed by atoms with Crippen LogP contribution in [0.1, 0.15) is 37.8 Å². The highest BCUT2D eigenvalue weighted by Crippen LogP contribution is 2.42. The average Bonchev–Trinajstić information content (AvgIpc) is 2.71. The van der Waals surface area contributed by atoms with Gasteiger partial charge in [0.2, 0.25) is 0 Å². The van der Waals surface area contributed by atoms with Gasteiger partial charge in [-0.1, -0.05) is 24.3 Å². The van der Waals surface area contributed by atoms with Crippen LogP contribution in [0.25, 0.3) is 6.08 Å². The van der Waals surface area contributed by atoms with Crippen molar-refractivity contribution in [3.63, 3.8) is 0 Å². The number of hydrogen-bond acceptors (Lipinski definition) is 7. The van der Waals surface area contributed by atoms with Crippen molar-refractivity contribution in [1.29, 1.82) is 0 Å². The standard InChI is InChI=1S/C24H30N2O6/c1-6-31-23(29)20-15(3)25-18(14-26(4)5)22(24(30)32-7-2)21(20)17-11-9-8-10-16(17)12-13-19(27)28/h8-13,20-21H,6-7,14H2,1-5H3,(H,27,28). The molecule has 0 fully saturated rings. The first-order chi connectivity index (χ1) is 15.2. The Morgan fingerprint density at radius 2 is 1.78 bits per heavy atom. The predicted octanol–water partition coefficient (Wildman–Crippen LogP) is 2.90. The monoisotopic (exact) mass is 442 g/mol. The molecule has 2 rings (SSSR count). The molecule has 0 bridgehead atoms. The van der Waals surface area contributed by atoms with Gasteiger partial charge in [0.15, 0.2) is 0 Å². The highest BCUT2D eigenvalue weighted by atomic mass is 16.5. The van der Waals surface area contributed by atoms with Gasteiger partial charge < -0.3 is 19.5 Å². The molecule has 1 N–H and O–H groups in total. The number of carboxylic acids is 1. The first-order valence-electron chi connectivity index (χ1n) is 10.5. The number of nitrogens with zero attached hydrogens (tertiary/aromatic N) is 2. The van der Waals surface area contributed by atoms with Gasteiger partial charge in [0.1, 0.15) is 5.92 Å². The molecule has 1 aliphatic rings. The van der Waals surface area contributed by atoms with Crippen LogP contribution in [-0.4, -0.2) is 67.5 Å². The van der Waals surface area contributed by atoms with Crippen LogP contribution in [-0.2, 0) is 23.9 Å². The highest BCUT2D eigenvalue weighted by molar-refractivity contribution is 6.07. The molecule has 0 amide bonds. The zero-order valence-corrected chi connectivity index (χ0v) is 19.1. The van der Waals surface area contributed by atoms with Crippen LogP contribution in [0, 0.1) is 5.92 Å². The lowest BCUT2D eigenvalue weighted by molar-refractivity contribution is -0.146. The molecule has 2 atom stereocenters. The molecule has 1 aromatic carbocycles. The molecule has 8 heteroatoms. The number of carbonyl (C=O) groups is 3. The third-order valence-electron chi connectivity index (χ3n) is 4.96. The molecule has 172 valence electrons. The summed E-state index contributed by atoms with van der Waals surface area (Å²) in [6.07, 6.45) is 2.48. The summed E-state index contributed by atoms with van der Waals surface area (Å²) in [5.74, 6) is -3.74. The van der Waals surface area contributed by atoms with E-state index in [9.17, 15) is 14.4 Å². The van der Waals surface area contributed by atoms with Crippen LogP contribution in [0.2, 0.25) is 0 Å². The number of hydrogen-bond donors (Lipinski definition) is 1. The highest BCUT2D eigenvalue weighted by Gasteiger charge is 2.43. The number of carbonyl (C=O) groups excluding carboxylic acids is 2. The molecule has 0 aliphatic carbocycles. The maximum absolute atomic E-state index is 13.2. The van der Waals surface area contributed by atoms with Gasteiger partial charge in [-0.3, -0.25) is 9.79 Å². The van der Waals surface area contributed by atoms with Crippen molar-refractivity contribution < 1.29 is 29.0 Å². The lowest BCUT2D eigenvalue weighted by atomic mass is 9.74. The number of rotatable bonds is 9. The fourth-order valence-electron chi connectivity index (χ4n) is 3.78. The van der Waals surface area contributed by atoms with E-state index in [0.717, 1.165) is 6.08 Å². The van der Waals surface area contributed by atoms with Crippen LogP contribution >= 0.6 is 0 Å². The summed E-state index contributed by atoms with van der Waals surface area (Å²) in [6.45, 7) is 5.87. The Balaban J connectivity index is 2.82. The van der Waals surface area contributed by atoms with E-state index in [1.807, 2.05) is 19.0 Å². The van der Waals surface area contributed by atoms with Gasteiger partial charge in [0, 0.05) is 24.3 Å². The molecule has 1 heterocycles. The predicted molar refractivity (Wildman–Crippen MR) is 121 cm³/mol. The first-order valence-corrected chi connectivity index (χ1v) is 10.5. The molecular weight excluding hydrogens is 412 g/mol. The Bertz CT molecular complexity index is 961. The number of benzene rings is 1. The molecular formula is C24H30N2O6. The summed E-state index contributed by atoms with van der Waals surface area (Å²) >= 11 is 0. The van der Waals surface area contributed by atoms with Gasteiger partial charge in [-0.15, -0.1) is 0 Å². The summed E-state index contributed by atoms with van der Waals surface area (Å²) in [6, 6.07) is 7.07. The lowest BCUT2D eigenvalue weighted by Crippen LogP contribution is -2.38. The molecule has 0 radical (unpaired) electrons. The van der Waals surface area contributed by atoms with E-state index >= 15 is 0 Å². The Labute approximate surface area is 188 Å². The molecule has 0 saturated heterocycles. The van der Waals surface area contributed by atoms with Gasteiger partial charge in [-0.25, -0.2) is 9.59 Å². The van der Waals surface area contributed by atoms with E-state index in [4.69, 9.17) is 14.6 Å². The molecule has 0 spiro atoms. The lowest BCUT2D eigenvalue weighted by Gasteiger charge is -2.33. The maximum atomic E-state index is 13.2. The number of aliphatic carboxylic acids is 1. The zero-order chi connectivity index (χ0) is 23.8. The second-order valence-corrected chi connectivity index (χ2v) is 7.58. The van der Waals surface area contributed by atoms with Crippen molar-refractivity contribution in [1.82, 2.24) is 4.90 Å². The minimum Gasteiger partial charge on any atom is -0.478 e. The minimum atomic E-state index is -1.10. The number of carboxylic acid groups (broad SMARTS) is 1. The van der Waals surface area contributed by atoms with Gasteiger partial charge >= 0.3 is 17.9 Å². The van der Waals surface area contributed by atoms with E-state index in [0.29, 0.717) is 29.1 Å².